The van der Waals surface area contributed by atoms with E-state index in [0.717, 1.165) is 0 Å². The summed E-state index contributed by atoms with van der Waals surface area (Å²) in [5, 5.41) is 0. The largest absolute Gasteiger partial charge is 0.497 e. The van der Waals surface area contributed by atoms with Crippen LogP contribution in [0.15, 0.2) is 60.7 Å². The van der Waals surface area contributed by atoms with Crippen LogP contribution in [0.25, 0.3) is 0 Å². The molecule has 3 aromatic rings. The first-order valence-electron chi connectivity index (χ1n) is 9.65. The van der Waals surface area contributed by atoms with Crippen molar-refractivity contribution in [2.24, 2.45) is 0 Å². The Labute approximate surface area is 186 Å². The molecule has 32 heavy (non-hydrogen) atoms. The van der Waals surface area contributed by atoms with Gasteiger partial charge in [-0.3, -0.25) is 9.59 Å². The highest BCUT2D eigenvalue weighted by Gasteiger charge is 2.22. The van der Waals surface area contributed by atoms with E-state index < -0.39 is 11.6 Å². The standard InChI is InChI=1S/C26H22O6/c1-29-20-11-17(12-21(15-20)30-2)9-10-18-7-5-6-8-24(18)26(28)25(27)19-13-22(31-3)16-23(14-19)32-4/h5-8,11-16H,1-4H3. The molecule has 0 heterocycles. The predicted molar refractivity (Wildman–Crippen MR) is 120 cm³/mol. The highest BCUT2D eigenvalue weighted by Crippen LogP contribution is 2.24. The molecule has 0 amide bonds. The Balaban J connectivity index is 1.97. The van der Waals surface area contributed by atoms with Gasteiger partial charge in [0.25, 0.3) is 0 Å². The van der Waals surface area contributed by atoms with Gasteiger partial charge in [-0.05, 0) is 36.4 Å². The van der Waals surface area contributed by atoms with E-state index in [1.165, 1.54) is 26.4 Å². The van der Waals surface area contributed by atoms with Crippen molar-refractivity contribution in [3.05, 3.63) is 82.9 Å². The van der Waals surface area contributed by atoms with Gasteiger partial charge in [-0.2, -0.15) is 0 Å². The third-order valence-corrected chi connectivity index (χ3v) is 4.68. The Morgan fingerprint density at radius 1 is 0.625 bits per heavy atom. The van der Waals surface area contributed by atoms with Crippen LogP contribution in [0, 0.1) is 11.8 Å². The smallest absolute Gasteiger partial charge is 0.234 e. The molecule has 3 aromatic carbocycles. The fraction of sp³-hybridized carbons (Fsp3) is 0.154. The van der Waals surface area contributed by atoms with E-state index in [9.17, 15) is 9.59 Å². The molecular weight excluding hydrogens is 408 g/mol. The molecule has 3 rings (SSSR count). The fourth-order valence-electron chi connectivity index (χ4n) is 3.00. The maximum Gasteiger partial charge on any atom is 0.234 e. The highest BCUT2D eigenvalue weighted by atomic mass is 16.5. The maximum atomic E-state index is 13.0. The SMILES string of the molecule is COc1cc(C#Cc2ccccc2C(=O)C(=O)c2cc(OC)cc(OC)c2)cc(OC)c1. The number of benzene rings is 3. The number of Topliss-reactive ketones (excluding diaryl/α,β-unsaturated/α-hetero) is 2. The third kappa shape index (κ3) is 5.08. The minimum Gasteiger partial charge on any atom is -0.497 e. The minimum atomic E-state index is -0.681. The van der Waals surface area contributed by atoms with E-state index in [4.69, 9.17) is 18.9 Å². The summed E-state index contributed by atoms with van der Waals surface area (Å²) in [6, 6.07) is 16.6. The second-order valence-corrected chi connectivity index (χ2v) is 6.66. The summed E-state index contributed by atoms with van der Waals surface area (Å²) < 4.78 is 20.9. The highest BCUT2D eigenvalue weighted by molar-refractivity contribution is 6.49. The Bertz CT molecular complexity index is 1170. The van der Waals surface area contributed by atoms with E-state index in [-0.39, 0.29) is 11.1 Å². The quantitative estimate of drug-likeness (QED) is 0.318. The topological polar surface area (TPSA) is 71.1 Å². The number of ketones is 2. The number of ether oxygens (including phenoxy) is 4. The summed E-state index contributed by atoms with van der Waals surface area (Å²) in [4.78, 5) is 26.0. The van der Waals surface area contributed by atoms with Crippen molar-refractivity contribution in [3.8, 4) is 34.8 Å². The summed E-state index contributed by atoms with van der Waals surface area (Å²) in [6.45, 7) is 0. The van der Waals surface area contributed by atoms with E-state index in [1.807, 2.05) is 0 Å². The Kier molecular flexibility index (Phi) is 7.14. The minimum absolute atomic E-state index is 0.173. The zero-order chi connectivity index (χ0) is 23.1. The number of carbonyl (C=O) groups is 2. The van der Waals surface area contributed by atoms with Crippen LogP contribution in [-0.4, -0.2) is 40.0 Å². The van der Waals surface area contributed by atoms with Gasteiger partial charge < -0.3 is 18.9 Å². The number of hydrogen-bond acceptors (Lipinski definition) is 6. The van der Waals surface area contributed by atoms with Gasteiger partial charge in [-0.15, -0.1) is 0 Å². The van der Waals surface area contributed by atoms with Crippen LogP contribution in [0.3, 0.4) is 0 Å². The van der Waals surface area contributed by atoms with Crippen molar-refractivity contribution in [2.75, 3.05) is 28.4 Å². The summed E-state index contributed by atoms with van der Waals surface area (Å²) in [6.07, 6.45) is 0. The van der Waals surface area contributed by atoms with Crippen LogP contribution in [0.1, 0.15) is 31.8 Å². The molecule has 0 spiro atoms. The molecule has 0 N–H and O–H groups in total. The van der Waals surface area contributed by atoms with E-state index >= 15 is 0 Å². The molecule has 0 aromatic heterocycles. The molecule has 0 bridgehead atoms. The maximum absolute atomic E-state index is 13.0. The van der Waals surface area contributed by atoms with Gasteiger partial charge in [-0.1, -0.05) is 24.0 Å². The van der Waals surface area contributed by atoms with Gasteiger partial charge in [0.05, 0.1) is 28.4 Å². The molecule has 6 heteroatoms. The van der Waals surface area contributed by atoms with Crippen molar-refractivity contribution in [3.63, 3.8) is 0 Å². The first-order chi connectivity index (χ1) is 15.5. The molecule has 0 unspecified atom stereocenters. The third-order valence-electron chi connectivity index (χ3n) is 4.68. The van der Waals surface area contributed by atoms with Crippen LogP contribution >= 0.6 is 0 Å². The lowest BCUT2D eigenvalue weighted by Gasteiger charge is -2.08. The van der Waals surface area contributed by atoms with Crippen molar-refractivity contribution in [2.45, 2.75) is 0 Å². The van der Waals surface area contributed by atoms with Crippen LogP contribution < -0.4 is 18.9 Å². The van der Waals surface area contributed by atoms with E-state index in [1.54, 1.807) is 62.8 Å². The van der Waals surface area contributed by atoms with Crippen LogP contribution in [0.2, 0.25) is 0 Å². The monoisotopic (exact) mass is 430 g/mol. The van der Waals surface area contributed by atoms with E-state index in [0.29, 0.717) is 34.1 Å². The molecule has 0 aliphatic rings. The summed E-state index contributed by atoms with van der Waals surface area (Å²) in [7, 11) is 6.06. The van der Waals surface area contributed by atoms with Crippen LogP contribution in [0.5, 0.6) is 23.0 Å². The number of carbonyl (C=O) groups excluding carboxylic acids is 2. The average molecular weight is 430 g/mol. The summed E-state index contributed by atoms with van der Waals surface area (Å²) >= 11 is 0. The number of hydrogen-bond donors (Lipinski definition) is 0. The predicted octanol–water partition coefficient (Wildman–Crippen LogP) is 4.19. The van der Waals surface area contributed by atoms with Gasteiger partial charge in [0.2, 0.25) is 11.6 Å². The van der Waals surface area contributed by atoms with Crippen molar-refractivity contribution in [1.82, 2.24) is 0 Å². The first-order valence-corrected chi connectivity index (χ1v) is 9.65. The average Bonchev–Trinajstić information content (AvgIpc) is 2.85. The van der Waals surface area contributed by atoms with Crippen LogP contribution in [-0.2, 0) is 0 Å². The molecule has 0 atom stereocenters. The van der Waals surface area contributed by atoms with Gasteiger partial charge in [0, 0.05) is 34.4 Å². The lowest BCUT2D eigenvalue weighted by molar-refractivity contribution is 0.0816. The molecule has 0 aliphatic heterocycles. The Morgan fingerprint density at radius 2 is 1.12 bits per heavy atom. The van der Waals surface area contributed by atoms with Crippen molar-refractivity contribution in [1.29, 1.82) is 0 Å². The molecule has 6 nitrogen and oxygen atoms in total. The van der Waals surface area contributed by atoms with Crippen LogP contribution in [0.4, 0.5) is 0 Å². The van der Waals surface area contributed by atoms with Crippen molar-refractivity contribution < 1.29 is 28.5 Å². The second kappa shape index (κ2) is 10.2. The zero-order valence-corrected chi connectivity index (χ0v) is 18.2. The second-order valence-electron chi connectivity index (χ2n) is 6.66. The molecule has 0 fully saturated rings. The van der Waals surface area contributed by atoms with Gasteiger partial charge in [0.1, 0.15) is 23.0 Å². The number of rotatable bonds is 7. The lowest BCUT2D eigenvalue weighted by Crippen LogP contribution is -2.16. The Morgan fingerprint density at radius 3 is 1.66 bits per heavy atom. The van der Waals surface area contributed by atoms with Gasteiger partial charge in [0.15, 0.2) is 0 Å². The lowest BCUT2D eigenvalue weighted by atomic mass is 9.97. The normalized spacial score (nSPS) is 9.88. The molecule has 0 saturated heterocycles. The molecular formula is C26H22O6. The van der Waals surface area contributed by atoms with Gasteiger partial charge >= 0.3 is 0 Å². The van der Waals surface area contributed by atoms with Gasteiger partial charge in [-0.25, -0.2) is 0 Å². The van der Waals surface area contributed by atoms with Crippen molar-refractivity contribution >= 4 is 11.6 Å². The summed E-state index contributed by atoms with van der Waals surface area (Å²) in [5.74, 6) is 6.66. The molecule has 162 valence electrons. The molecule has 0 saturated carbocycles. The molecule has 0 radical (unpaired) electrons. The zero-order valence-electron chi connectivity index (χ0n) is 18.2. The number of methoxy groups -OCH3 is 4. The van der Waals surface area contributed by atoms with E-state index in [2.05, 4.69) is 11.8 Å². The Hall–Kier alpha value is -4.24. The molecule has 0 aliphatic carbocycles. The summed E-state index contributed by atoms with van der Waals surface area (Å²) in [5.41, 5.74) is 1.46. The fourth-order valence-corrected chi connectivity index (χ4v) is 3.00. The first kappa shape index (κ1) is 22.4.